The van der Waals surface area contributed by atoms with Gasteiger partial charge in [-0.15, -0.1) is 0 Å². The SMILES string of the molecule is C[C@]12c3[nH]c4cc(-c5ccco5)ccc4c3CCN1C(=O)[C@@H](CC(=O)NCc1cccc(C(F)(F)F)c1)C[C@@H]2C(=O)N1CCCCC1. The van der Waals surface area contributed by atoms with E-state index in [9.17, 15) is 27.6 Å². The standard InChI is InChI=1S/C36H37F3N4O4/c1-35-28(34(46)42-13-3-2-4-14-42)18-24(20-31(44)40-21-22-7-5-8-25(17-22)36(37,38)39)33(45)43(35)15-12-27-26-11-10-23(30-9-6-16-47-30)19-29(26)41-32(27)35/h5-11,16-17,19,24,28,41H,2-4,12-15,18,20-21H2,1H3,(H,40,44)/t24-,28-,35+/m1/s1. The van der Waals surface area contributed by atoms with Crippen molar-refractivity contribution >= 4 is 28.6 Å². The quantitative estimate of drug-likeness (QED) is 0.253. The molecule has 2 N–H and O–H groups in total. The molecule has 3 amide bonds. The second-order valence-corrected chi connectivity index (χ2v) is 13.2. The maximum atomic E-state index is 14.4. The van der Waals surface area contributed by atoms with Gasteiger partial charge in [-0.25, -0.2) is 0 Å². The summed E-state index contributed by atoms with van der Waals surface area (Å²) in [7, 11) is 0. The first-order valence-electron chi connectivity index (χ1n) is 16.3. The van der Waals surface area contributed by atoms with Crippen LogP contribution in [0.4, 0.5) is 13.2 Å². The zero-order valence-electron chi connectivity index (χ0n) is 26.2. The number of H-pyrrole nitrogens is 1. The number of piperidine rings is 2. The third kappa shape index (κ3) is 5.59. The highest BCUT2D eigenvalue weighted by atomic mass is 19.4. The number of hydrogen-bond acceptors (Lipinski definition) is 4. The zero-order valence-corrected chi connectivity index (χ0v) is 26.2. The van der Waals surface area contributed by atoms with Crippen molar-refractivity contribution in [2.75, 3.05) is 19.6 Å². The molecule has 4 aromatic rings. The Balaban J connectivity index is 1.18. The molecule has 47 heavy (non-hydrogen) atoms. The second kappa shape index (κ2) is 11.9. The number of carbonyl (C=O) groups excluding carboxylic acids is 3. The fourth-order valence-corrected chi connectivity index (χ4v) is 7.87. The number of aromatic nitrogens is 1. The molecule has 0 radical (unpaired) electrons. The minimum absolute atomic E-state index is 0.0122. The van der Waals surface area contributed by atoms with Gasteiger partial charge in [0.2, 0.25) is 17.7 Å². The van der Waals surface area contributed by atoms with E-state index in [-0.39, 0.29) is 31.2 Å². The van der Waals surface area contributed by atoms with Crippen LogP contribution in [0, 0.1) is 11.8 Å². The first kappa shape index (κ1) is 31.1. The molecule has 2 saturated heterocycles. The van der Waals surface area contributed by atoms with Gasteiger partial charge >= 0.3 is 6.18 Å². The molecule has 3 atom stereocenters. The third-order valence-corrected chi connectivity index (χ3v) is 10.3. The molecule has 0 aliphatic carbocycles. The van der Waals surface area contributed by atoms with E-state index < -0.39 is 35.0 Å². The second-order valence-electron chi connectivity index (χ2n) is 13.2. The van der Waals surface area contributed by atoms with E-state index in [1.807, 2.05) is 36.1 Å². The molecule has 0 saturated carbocycles. The Labute approximate surface area is 270 Å². The number of aromatic amines is 1. The summed E-state index contributed by atoms with van der Waals surface area (Å²) in [5.41, 5.74) is 2.33. The number of fused-ring (bicyclic) bond motifs is 5. The van der Waals surface area contributed by atoms with Crippen molar-refractivity contribution < 1.29 is 32.0 Å². The first-order chi connectivity index (χ1) is 22.5. The monoisotopic (exact) mass is 646 g/mol. The van der Waals surface area contributed by atoms with Gasteiger partial charge in [0.15, 0.2) is 0 Å². The van der Waals surface area contributed by atoms with Gasteiger partial charge in [-0.3, -0.25) is 14.4 Å². The Morgan fingerprint density at radius 2 is 1.85 bits per heavy atom. The molecule has 2 fully saturated rings. The van der Waals surface area contributed by atoms with Gasteiger partial charge in [-0.05, 0) is 80.5 Å². The van der Waals surface area contributed by atoms with Crippen molar-refractivity contribution in [1.82, 2.24) is 20.1 Å². The molecule has 5 heterocycles. The van der Waals surface area contributed by atoms with Gasteiger partial charge in [-0.2, -0.15) is 13.2 Å². The largest absolute Gasteiger partial charge is 0.464 e. The van der Waals surface area contributed by atoms with Crippen molar-refractivity contribution in [3.8, 4) is 11.3 Å². The molecule has 11 heteroatoms. The van der Waals surface area contributed by atoms with E-state index in [0.717, 1.165) is 64.9 Å². The molecular weight excluding hydrogens is 609 g/mol. The molecule has 246 valence electrons. The number of halogens is 3. The smallest absolute Gasteiger partial charge is 0.416 e. The summed E-state index contributed by atoms with van der Waals surface area (Å²) >= 11 is 0. The van der Waals surface area contributed by atoms with Crippen molar-refractivity contribution in [3.05, 3.63) is 83.2 Å². The molecule has 8 nitrogen and oxygen atoms in total. The van der Waals surface area contributed by atoms with E-state index in [1.54, 1.807) is 11.2 Å². The Morgan fingerprint density at radius 3 is 2.60 bits per heavy atom. The van der Waals surface area contributed by atoms with Crippen LogP contribution >= 0.6 is 0 Å². The van der Waals surface area contributed by atoms with Gasteiger partial charge in [-0.1, -0.05) is 24.3 Å². The molecule has 0 spiro atoms. The summed E-state index contributed by atoms with van der Waals surface area (Å²) in [5.74, 6) is -1.22. The third-order valence-electron chi connectivity index (χ3n) is 10.3. The van der Waals surface area contributed by atoms with E-state index in [0.29, 0.717) is 31.6 Å². The summed E-state index contributed by atoms with van der Waals surface area (Å²) < 4.78 is 45.2. The predicted molar refractivity (Wildman–Crippen MR) is 169 cm³/mol. The number of benzene rings is 2. The van der Waals surface area contributed by atoms with Gasteiger partial charge < -0.3 is 24.5 Å². The number of nitrogens with zero attached hydrogens (tertiary/aromatic N) is 2. The number of rotatable bonds is 6. The van der Waals surface area contributed by atoms with Crippen molar-refractivity contribution in [2.45, 2.75) is 63.7 Å². The lowest BCUT2D eigenvalue weighted by atomic mass is 9.67. The Morgan fingerprint density at radius 1 is 1.04 bits per heavy atom. The van der Waals surface area contributed by atoms with Crippen LogP contribution in [0.5, 0.6) is 0 Å². The summed E-state index contributed by atoms with van der Waals surface area (Å²) in [6.07, 6.45) is 0.692. The lowest BCUT2D eigenvalue weighted by molar-refractivity contribution is -0.164. The molecule has 2 aromatic carbocycles. The minimum atomic E-state index is -4.49. The molecular formula is C36H37F3N4O4. The first-order valence-corrected chi connectivity index (χ1v) is 16.3. The topological polar surface area (TPSA) is 98.6 Å². The highest BCUT2D eigenvalue weighted by Gasteiger charge is 2.57. The molecule has 7 rings (SSSR count). The molecule has 3 aliphatic rings. The Bertz CT molecular complexity index is 1830. The van der Waals surface area contributed by atoms with Crippen LogP contribution in [0.3, 0.4) is 0 Å². The van der Waals surface area contributed by atoms with Crippen LogP contribution in [0.2, 0.25) is 0 Å². The Hall–Kier alpha value is -4.54. The molecule has 2 aromatic heterocycles. The van der Waals surface area contributed by atoms with Crippen LogP contribution in [-0.2, 0) is 39.1 Å². The fraction of sp³-hybridized carbons (Fsp3) is 0.417. The number of hydrogen-bond donors (Lipinski definition) is 2. The van der Waals surface area contributed by atoms with Crippen LogP contribution in [0.1, 0.15) is 61.4 Å². The van der Waals surface area contributed by atoms with Crippen LogP contribution < -0.4 is 5.32 Å². The average molecular weight is 647 g/mol. The van der Waals surface area contributed by atoms with E-state index in [4.69, 9.17) is 4.42 Å². The lowest BCUT2D eigenvalue weighted by Crippen LogP contribution is -2.64. The predicted octanol–water partition coefficient (Wildman–Crippen LogP) is 6.40. The normalized spacial score (nSPS) is 23.0. The van der Waals surface area contributed by atoms with Crippen LogP contribution in [0.15, 0.2) is 65.3 Å². The highest BCUT2D eigenvalue weighted by Crippen LogP contribution is 2.50. The number of furan rings is 1. The van der Waals surface area contributed by atoms with E-state index >= 15 is 0 Å². The van der Waals surface area contributed by atoms with E-state index in [1.165, 1.54) is 12.1 Å². The summed E-state index contributed by atoms with van der Waals surface area (Å²) in [5, 5.41) is 3.74. The van der Waals surface area contributed by atoms with Gasteiger partial charge in [0.25, 0.3) is 0 Å². The maximum Gasteiger partial charge on any atom is 0.416 e. The van der Waals surface area contributed by atoms with Crippen molar-refractivity contribution in [3.63, 3.8) is 0 Å². The van der Waals surface area contributed by atoms with Crippen LogP contribution in [0.25, 0.3) is 22.2 Å². The molecule has 0 unspecified atom stereocenters. The highest BCUT2D eigenvalue weighted by molar-refractivity contribution is 5.93. The Kier molecular flexibility index (Phi) is 7.88. The maximum absolute atomic E-state index is 14.4. The minimum Gasteiger partial charge on any atom is -0.464 e. The van der Waals surface area contributed by atoms with Gasteiger partial charge in [0.1, 0.15) is 5.76 Å². The number of nitrogens with one attached hydrogen (secondary N) is 2. The molecule has 3 aliphatic heterocycles. The summed E-state index contributed by atoms with van der Waals surface area (Å²) in [6, 6.07) is 14.7. The molecule has 0 bridgehead atoms. The van der Waals surface area contributed by atoms with E-state index in [2.05, 4.69) is 16.4 Å². The number of alkyl halides is 3. The number of carbonyl (C=O) groups is 3. The fourth-order valence-electron chi connectivity index (χ4n) is 7.87. The summed E-state index contributed by atoms with van der Waals surface area (Å²) in [4.78, 5) is 49.0. The average Bonchev–Trinajstić information content (AvgIpc) is 3.74. The summed E-state index contributed by atoms with van der Waals surface area (Å²) in [6.45, 7) is 3.60. The zero-order chi connectivity index (χ0) is 32.9. The number of likely N-dealkylation sites (tertiary alicyclic amines) is 1. The number of amides is 3. The van der Waals surface area contributed by atoms with Crippen molar-refractivity contribution in [1.29, 1.82) is 0 Å². The van der Waals surface area contributed by atoms with Crippen LogP contribution in [-0.4, -0.2) is 52.1 Å². The van der Waals surface area contributed by atoms with Crippen molar-refractivity contribution in [2.24, 2.45) is 11.8 Å². The lowest BCUT2D eigenvalue weighted by Gasteiger charge is -2.54. The van der Waals surface area contributed by atoms with Gasteiger partial charge in [0.05, 0.1) is 23.3 Å². The van der Waals surface area contributed by atoms with Gasteiger partial charge in [0, 0.05) is 60.7 Å².